The lowest BCUT2D eigenvalue weighted by Crippen LogP contribution is -2.36. The maximum atomic E-state index is 12.8. The lowest BCUT2D eigenvalue weighted by atomic mass is 10.2. The summed E-state index contributed by atoms with van der Waals surface area (Å²) in [5, 5.41) is 13.4. The van der Waals surface area contributed by atoms with Crippen LogP contribution in [0.4, 0.5) is 17.2 Å². The Kier molecular flexibility index (Phi) is 4.98. The lowest BCUT2D eigenvalue weighted by molar-refractivity contribution is 0.122. The summed E-state index contributed by atoms with van der Waals surface area (Å²) in [5.41, 5.74) is 2.08. The smallest absolute Gasteiger partial charge is 0.265 e. The zero-order chi connectivity index (χ0) is 18.8. The molecule has 3 aromatic rings. The summed E-state index contributed by atoms with van der Waals surface area (Å²) >= 11 is 6.03. The summed E-state index contributed by atoms with van der Waals surface area (Å²) in [5.74, 6) is 0.323. The van der Waals surface area contributed by atoms with Gasteiger partial charge < -0.3 is 20.1 Å². The predicted octanol–water partition coefficient (Wildman–Crippen LogP) is 2.42. The molecule has 3 heterocycles. The molecule has 1 saturated heterocycles. The first kappa shape index (κ1) is 17.8. The molecule has 1 aromatic carbocycles. The van der Waals surface area contributed by atoms with Gasteiger partial charge in [0.25, 0.3) is 5.56 Å². The van der Waals surface area contributed by atoms with Crippen LogP contribution >= 0.6 is 11.6 Å². The van der Waals surface area contributed by atoms with E-state index in [1.807, 2.05) is 18.2 Å². The Morgan fingerprint density at radius 1 is 1.22 bits per heavy atom. The largest absolute Gasteiger partial charge is 0.391 e. The van der Waals surface area contributed by atoms with Crippen LogP contribution in [0, 0.1) is 0 Å². The number of hydrogen-bond acceptors (Lipinski definition) is 6. The molecule has 27 heavy (non-hydrogen) atoms. The molecular formula is C19H19ClN4O3. The minimum Gasteiger partial charge on any atom is -0.391 e. The maximum Gasteiger partial charge on any atom is 0.265 e. The van der Waals surface area contributed by atoms with Crippen LogP contribution in [0.5, 0.6) is 0 Å². The van der Waals surface area contributed by atoms with Crippen molar-refractivity contribution in [1.82, 2.24) is 9.38 Å². The van der Waals surface area contributed by atoms with Gasteiger partial charge in [0.1, 0.15) is 11.5 Å². The number of benzene rings is 1. The highest BCUT2D eigenvalue weighted by Crippen LogP contribution is 2.23. The van der Waals surface area contributed by atoms with Gasteiger partial charge in [0.05, 0.1) is 25.4 Å². The molecule has 2 aromatic heterocycles. The van der Waals surface area contributed by atoms with E-state index in [0.29, 0.717) is 35.4 Å². The van der Waals surface area contributed by atoms with Gasteiger partial charge >= 0.3 is 0 Å². The second kappa shape index (κ2) is 7.56. The van der Waals surface area contributed by atoms with Crippen LogP contribution in [-0.2, 0) is 11.3 Å². The van der Waals surface area contributed by atoms with Crippen LogP contribution < -0.4 is 15.8 Å². The van der Waals surface area contributed by atoms with Crippen molar-refractivity contribution in [3.05, 3.63) is 63.5 Å². The number of hydrogen-bond donors (Lipinski definition) is 2. The van der Waals surface area contributed by atoms with Gasteiger partial charge in [-0.2, -0.15) is 0 Å². The van der Waals surface area contributed by atoms with E-state index in [1.54, 1.807) is 24.4 Å². The van der Waals surface area contributed by atoms with Gasteiger partial charge in [-0.25, -0.2) is 4.98 Å². The van der Waals surface area contributed by atoms with Crippen molar-refractivity contribution in [1.29, 1.82) is 0 Å². The fraction of sp³-hybridized carbons (Fsp3) is 0.263. The summed E-state index contributed by atoms with van der Waals surface area (Å²) in [7, 11) is 0. The van der Waals surface area contributed by atoms with E-state index in [9.17, 15) is 9.90 Å². The Bertz CT molecular complexity index is 1030. The Morgan fingerprint density at radius 2 is 2.04 bits per heavy atom. The first-order chi connectivity index (χ1) is 13.2. The van der Waals surface area contributed by atoms with E-state index in [-0.39, 0.29) is 11.1 Å². The lowest BCUT2D eigenvalue weighted by Gasteiger charge is -2.29. The number of anilines is 3. The molecule has 2 N–H and O–H groups in total. The maximum absolute atomic E-state index is 12.8. The normalized spacial score (nSPS) is 14.5. The highest BCUT2D eigenvalue weighted by molar-refractivity contribution is 6.30. The molecule has 4 rings (SSSR count). The fourth-order valence-electron chi connectivity index (χ4n) is 3.13. The van der Waals surface area contributed by atoms with Gasteiger partial charge in [0.2, 0.25) is 0 Å². The first-order valence-corrected chi connectivity index (χ1v) is 9.05. The zero-order valence-electron chi connectivity index (χ0n) is 14.6. The molecule has 7 nitrogen and oxygen atoms in total. The Labute approximate surface area is 160 Å². The molecule has 0 aliphatic carbocycles. The van der Waals surface area contributed by atoms with Crippen LogP contribution in [0.1, 0.15) is 5.56 Å². The average molecular weight is 387 g/mol. The predicted molar refractivity (Wildman–Crippen MR) is 105 cm³/mol. The van der Waals surface area contributed by atoms with Gasteiger partial charge in [-0.05, 0) is 24.3 Å². The third kappa shape index (κ3) is 3.62. The highest BCUT2D eigenvalue weighted by Gasteiger charge is 2.16. The summed E-state index contributed by atoms with van der Waals surface area (Å²) < 4.78 is 6.84. The van der Waals surface area contributed by atoms with E-state index >= 15 is 0 Å². The standard InChI is InChI=1S/C19H19ClN4O3/c20-13-2-1-3-14(10-13)21-18-16(12-25)19(26)24-5-4-15(11-17(24)22-18)23-6-8-27-9-7-23/h1-5,10-11,21,25H,6-9,12H2. The molecule has 8 heteroatoms. The number of halogens is 1. The molecule has 0 saturated carbocycles. The molecule has 0 radical (unpaired) electrons. The second-order valence-corrected chi connectivity index (χ2v) is 6.69. The second-order valence-electron chi connectivity index (χ2n) is 6.25. The number of ether oxygens (including phenoxy) is 1. The van der Waals surface area contributed by atoms with Gasteiger partial charge in [0, 0.05) is 41.8 Å². The monoisotopic (exact) mass is 386 g/mol. The zero-order valence-corrected chi connectivity index (χ0v) is 15.3. The molecule has 0 atom stereocenters. The summed E-state index contributed by atoms with van der Waals surface area (Å²) in [6.07, 6.45) is 1.69. The third-order valence-corrected chi connectivity index (χ3v) is 4.76. The van der Waals surface area contributed by atoms with Crippen LogP contribution in [0.3, 0.4) is 0 Å². The fourth-order valence-corrected chi connectivity index (χ4v) is 3.32. The Morgan fingerprint density at radius 3 is 2.78 bits per heavy atom. The number of aliphatic hydroxyl groups is 1. The number of aromatic nitrogens is 2. The molecular weight excluding hydrogens is 368 g/mol. The number of pyridine rings is 1. The molecule has 0 amide bonds. The van der Waals surface area contributed by atoms with Crippen molar-refractivity contribution in [2.24, 2.45) is 0 Å². The van der Waals surface area contributed by atoms with Crippen LogP contribution in [-0.4, -0.2) is 40.8 Å². The molecule has 1 fully saturated rings. The number of nitrogens with one attached hydrogen (secondary N) is 1. The molecule has 0 bridgehead atoms. The quantitative estimate of drug-likeness (QED) is 0.717. The van der Waals surface area contributed by atoms with Crippen molar-refractivity contribution in [3.63, 3.8) is 0 Å². The van der Waals surface area contributed by atoms with E-state index < -0.39 is 6.61 Å². The van der Waals surface area contributed by atoms with E-state index in [1.165, 1.54) is 4.40 Å². The average Bonchev–Trinajstić information content (AvgIpc) is 2.68. The Balaban J connectivity index is 1.78. The van der Waals surface area contributed by atoms with Crippen LogP contribution in [0.25, 0.3) is 5.65 Å². The first-order valence-electron chi connectivity index (χ1n) is 8.67. The molecule has 0 spiro atoms. The molecule has 140 valence electrons. The van der Waals surface area contributed by atoms with Gasteiger partial charge in [-0.15, -0.1) is 0 Å². The summed E-state index contributed by atoms with van der Waals surface area (Å²) in [6.45, 7) is 2.53. The number of aliphatic hydroxyl groups excluding tert-OH is 1. The minimum atomic E-state index is -0.414. The summed E-state index contributed by atoms with van der Waals surface area (Å²) in [6, 6.07) is 10.9. The number of morpholine rings is 1. The van der Waals surface area contributed by atoms with Crippen LogP contribution in [0.15, 0.2) is 47.4 Å². The number of rotatable bonds is 4. The van der Waals surface area contributed by atoms with Crippen molar-refractivity contribution >= 4 is 34.4 Å². The molecule has 0 unspecified atom stereocenters. The van der Waals surface area contributed by atoms with Crippen molar-refractivity contribution in [3.8, 4) is 0 Å². The molecule has 1 aliphatic rings. The van der Waals surface area contributed by atoms with Crippen molar-refractivity contribution in [2.75, 3.05) is 36.5 Å². The highest BCUT2D eigenvalue weighted by atomic mass is 35.5. The van der Waals surface area contributed by atoms with Gasteiger partial charge in [-0.1, -0.05) is 17.7 Å². The van der Waals surface area contributed by atoms with Gasteiger partial charge in [0.15, 0.2) is 0 Å². The minimum absolute atomic E-state index is 0.201. The van der Waals surface area contributed by atoms with E-state index in [4.69, 9.17) is 16.3 Å². The van der Waals surface area contributed by atoms with Crippen LogP contribution in [0.2, 0.25) is 5.02 Å². The van der Waals surface area contributed by atoms with Crippen molar-refractivity contribution in [2.45, 2.75) is 6.61 Å². The molecule has 1 aliphatic heterocycles. The topological polar surface area (TPSA) is 79.1 Å². The van der Waals surface area contributed by atoms with E-state index in [2.05, 4.69) is 15.2 Å². The van der Waals surface area contributed by atoms with E-state index in [0.717, 1.165) is 18.8 Å². The number of fused-ring (bicyclic) bond motifs is 1. The van der Waals surface area contributed by atoms with Crippen molar-refractivity contribution < 1.29 is 9.84 Å². The van der Waals surface area contributed by atoms with Gasteiger partial charge in [-0.3, -0.25) is 9.20 Å². The Hall–Kier alpha value is -2.61. The number of nitrogens with zero attached hydrogens (tertiary/aromatic N) is 3. The third-order valence-electron chi connectivity index (χ3n) is 4.53. The SMILES string of the molecule is O=c1c(CO)c(Nc2cccc(Cl)c2)nc2cc(N3CCOCC3)ccn12. The summed E-state index contributed by atoms with van der Waals surface area (Å²) in [4.78, 5) is 19.6.